The van der Waals surface area contributed by atoms with E-state index in [0.717, 1.165) is 5.56 Å². The average molecular weight is 376 g/mol. The lowest BCUT2D eigenvalue weighted by Crippen LogP contribution is -2.38. The van der Waals surface area contributed by atoms with E-state index >= 15 is 0 Å². The highest BCUT2D eigenvalue weighted by molar-refractivity contribution is 9.10. The first-order valence-electron chi connectivity index (χ1n) is 7.20. The van der Waals surface area contributed by atoms with Crippen molar-refractivity contribution in [2.45, 2.75) is 18.4 Å². The zero-order valence-electron chi connectivity index (χ0n) is 12.7. The number of carbonyl (C=O) groups excluding carboxylic acids is 2. The molecule has 0 aliphatic heterocycles. The van der Waals surface area contributed by atoms with Crippen LogP contribution in [0.25, 0.3) is 0 Å². The largest absolute Gasteiger partial charge is 0.469 e. The van der Waals surface area contributed by atoms with Gasteiger partial charge >= 0.3 is 5.97 Å². The molecule has 0 aromatic heterocycles. The van der Waals surface area contributed by atoms with Crippen LogP contribution < -0.4 is 5.73 Å². The summed E-state index contributed by atoms with van der Waals surface area (Å²) in [5.74, 6) is -1.05. The van der Waals surface area contributed by atoms with Crippen LogP contribution in [0.1, 0.15) is 28.3 Å². The second-order valence-corrected chi connectivity index (χ2v) is 6.02. The molecule has 2 unspecified atom stereocenters. The number of Topliss-reactive ketones (excluding diaryl/α,β-unsaturated/α-hetero) is 1. The second-order valence-electron chi connectivity index (χ2n) is 5.17. The molecular formula is C18H18BrNO3. The fraction of sp³-hybridized carbons (Fsp3) is 0.222. The van der Waals surface area contributed by atoms with Gasteiger partial charge in [0.1, 0.15) is 0 Å². The van der Waals surface area contributed by atoms with Crippen molar-refractivity contribution in [3.63, 3.8) is 0 Å². The maximum absolute atomic E-state index is 12.7. The first-order valence-corrected chi connectivity index (χ1v) is 8.00. The van der Waals surface area contributed by atoms with Crippen molar-refractivity contribution in [3.05, 3.63) is 70.2 Å². The molecule has 0 fully saturated rings. The number of carbonyl (C=O) groups is 2. The highest BCUT2D eigenvalue weighted by atomic mass is 79.9. The van der Waals surface area contributed by atoms with Crippen LogP contribution in [0.5, 0.6) is 0 Å². The van der Waals surface area contributed by atoms with E-state index in [0.29, 0.717) is 10.0 Å². The summed E-state index contributed by atoms with van der Waals surface area (Å²) in [7, 11) is 1.32. The highest BCUT2D eigenvalue weighted by Crippen LogP contribution is 2.27. The summed E-state index contributed by atoms with van der Waals surface area (Å²) in [6, 6.07) is 15.6. The molecular weight excluding hydrogens is 358 g/mol. The molecule has 0 heterocycles. The van der Waals surface area contributed by atoms with Gasteiger partial charge in [0.15, 0.2) is 5.78 Å². The summed E-state index contributed by atoms with van der Waals surface area (Å²) in [4.78, 5) is 24.5. The molecule has 0 aliphatic rings. The SMILES string of the molecule is COC(=O)CC(c1ccccc1)C(N)C(=O)c1ccccc1Br. The summed E-state index contributed by atoms with van der Waals surface area (Å²) in [5, 5.41) is 0. The molecule has 4 nitrogen and oxygen atoms in total. The molecule has 2 rings (SSSR count). The van der Waals surface area contributed by atoms with Crippen molar-refractivity contribution in [1.82, 2.24) is 0 Å². The highest BCUT2D eigenvalue weighted by Gasteiger charge is 2.30. The van der Waals surface area contributed by atoms with E-state index in [-0.39, 0.29) is 12.2 Å². The van der Waals surface area contributed by atoms with Gasteiger partial charge in [-0.2, -0.15) is 0 Å². The number of ketones is 1. The molecule has 2 N–H and O–H groups in total. The molecule has 2 aromatic carbocycles. The Morgan fingerprint density at radius 1 is 1.09 bits per heavy atom. The predicted octanol–water partition coefficient (Wildman–Crippen LogP) is 3.31. The van der Waals surface area contributed by atoms with Crippen LogP contribution in [0, 0.1) is 0 Å². The molecule has 0 amide bonds. The minimum Gasteiger partial charge on any atom is -0.469 e. The van der Waals surface area contributed by atoms with Gasteiger partial charge in [0.25, 0.3) is 0 Å². The van der Waals surface area contributed by atoms with Crippen LogP contribution in [0.15, 0.2) is 59.1 Å². The van der Waals surface area contributed by atoms with E-state index in [9.17, 15) is 9.59 Å². The third-order valence-electron chi connectivity index (χ3n) is 3.72. The van der Waals surface area contributed by atoms with Gasteiger partial charge in [0.05, 0.1) is 19.6 Å². The molecule has 0 spiro atoms. The summed E-state index contributed by atoms with van der Waals surface area (Å²) in [5.41, 5.74) is 7.56. The van der Waals surface area contributed by atoms with Crippen molar-refractivity contribution in [2.24, 2.45) is 5.73 Å². The van der Waals surface area contributed by atoms with Gasteiger partial charge < -0.3 is 10.5 Å². The Hall–Kier alpha value is -1.98. The third-order valence-corrected chi connectivity index (χ3v) is 4.41. The van der Waals surface area contributed by atoms with Gasteiger partial charge in [-0.05, 0) is 11.6 Å². The number of methoxy groups -OCH3 is 1. The van der Waals surface area contributed by atoms with Crippen molar-refractivity contribution in [1.29, 1.82) is 0 Å². The fourth-order valence-electron chi connectivity index (χ4n) is 2.44. The van der Waals surface area contributed by atoms with Crippen LogP contribution in [0.4, 0.5) is 0 Å². The lowest BCUT2D eigenvalue weighted by Gasteiger charge is -2.23. The van der Waals surface area contributed by atoms with Crippen LogP contribution >= 0.6 is 15.9 Å². The Morgan fingerprint density at radius 3 is 2.30 bits per heavy atom. The third kappa shape index (κ3) is 4.27. The minimum absolute atomic E-state index is 0.0534. The number of hydrogen-bond acceptors (Lipinski definition) is 4. The molecule has 0 saturated heterocycles. The van der Waals surface area contributed by atoms with Crippen molar-refractivity contribution in [2.75, 3.05) is 7.11 Å². The quantitative estimate of drug-likeness (QED) is 0.621. The van der Waals surface area contributed by atoms with E-state index in [1.54, 1.807) is 18.2 Å². The number of halogens is 1. The smallest absolute Gasteiger partial charge is 0.306 e. The first-order chi connectivity index (χ1) is 11.0. The van der Waals surface area contributed by atoms with E-state index in [4.69, 9.17) is 10.5 Å². The van der Waals surface area contributed by atoms with E-state index in [1.807, 2.05) is 36.4 Å². The Balaban J connectivity index is 2.33. The van der Waals surface area contributed by atoms with Crippen LogP contribution in [-0.2, 0) is 9.53 Å². The van der Waals surface area contributed by atoms with Crippen molar-refractivity contribution in [3.8, 4) is 0 Å². The summed E-state index contributed by atoms with van der Waals surface area (Å²) in [6.07, 6.45) is 0.0534. The minimum atomic E-state index is -0.838. The lowest BCUT2D eigenvalue weighted by molar-refractivity contribution is -0.141. The maximum atomic E-state index is 12.7. The summed E-state index contributed by atoms with van der Waals surface area (Å²) >= 11 is 3.37. The van der Waals surface area contributed by atoms with Crippen LogP contribution in [0.2, 0.25) is 0 Å². The molecule has 0 bridgehead atoms. The number of rotatable bonds is 6. The zero-order chi connectivity index (χ0) is 16.8. The Kier molecular flexibility index (Phi) is 6.07. The monoisotopic (exact) mass is 375 g/mol. The Morgan fingerprint density at radius 2 is 1.70 bits per heavy atom. The number of nitrogens with two attached hydrogens (primary N) is 1. The number of ether oxygens (including phenoxy) is 1. The zero-order valence-corrected chi connectivity index (χ0v) is 14.3. The lowest BCUT2D eigenvalue weighted by atomic mass is 9.85. The second kappa shape index (κ2) is 8.04. The number of esters is 1. The van der Waals surface area contributed by atoms with Gasteiger partial charge in [0.2, 0.25) is 0 Å². The Labute approximate surface area is 143 Å². The standard InChI is InChI=1S/C18H18BrNO3/c1-23-16(21)11-14(12-7-3-2-4-8-12)17(20)18(22)13-9-5-6-10-15(13)19/h2-10,14,17H,11,20H2,1H3. The first kappa shape index (κ1) is 17.4. The van der Waals surface area contributed by atoms with E-state index in [2.05, 4.69) is 15.9 Å². The predicted molar refractivity (Wildman–Crippen MR) is 92.3 cm³/mol. The summed E-state index contributed by atoms with van der Waals surface area (Å²) in [6.45, 7) is 0. The van der Waals surface area contributed by atoms with Gasteiger partial charge in [-0.25, -0.2) is 0 Å². The van der Waals surface area contributed by atoms with Gasteiger partial charge in [0, 0.05) is 16.0 Å². The van der Waals surface area contributed by atoms with Gasteiger partial charge in [-0.1, -0.05) is 64.5 Å². The van der Waals surface area contributed by atoms with Gasteiger partial charge in [-0.15, -0.1) is 0 Å². The van der Waals surface area contributed by atoms with Gasteiger partial charge in [-0.3, -0.25) is 9.59 Å². The van der Waals surface area contributed by atoms with Crippen LogP contribution in [-0.4, -0.2) is 24.9 Å². The Bertz CT molecular complexity index is 688. The molecule has 5 heteroatoms. The number of hydrogen-bond donors (Lipinski definition) is 1. The molecule has 23 heavy (non-hydrogen) atoms. The molecule has 0 saturated carbocycles. The van der Waals surface area contributed by atoms with Crippen molar-refractivity contribution >= 4 is 27.7 Å². The van der Waals surface area contributed by atoms with Crippen LogP contribution in [0.3, 0.4) is 0 Å². The van der Waals surface area contributed by atoms with E-state index < -0.39 is 17.9 Å². The average Bonchev–Trinajstić information content (AvgIpc) is 2.59. The molecule has 120 valence electrons. The fourth-order valence-corrected chi connectivity index (χ4v) is 2.92. The maximum Gasteiger partial charge on any atom is 0.306 e. The topological polar surface area (TPSA) is 69.4 Å². The molecule has 2 atom stereocenters. The molecule has 2 aromatic rings. The number of benzene rings is 2. The summed E-state index contributed by atoms with van der Waals surface area (Å²) < 4.78 is 5.43. The van der Waals surface area contributed by atoms with Crippen molar-refractivity contribution < 1.29 is 14.3 Å². The normalized spacial score (nSPS) is 13.2. The molecule has 0 radical (unpaired) electrons. The molecule has 0 aliphatic carbocycles. The van der Waals surface area contributed by atoms with E-state index in [1.165, 1.54) is 7.11 Å².